The molecule has 2 unspecified atom stereocenters. The molecule has 1 aromatic rings. The van der Waals surface area contributed by atoms with Gasteiger partial charge in [-0.05, 0) is 38.3 Å². The van der Waals surface area contributed by atoms with Crippen LogP contribution in [0.2, 0.25) is 0 Å². The van der Waals surface area contributed by atoms with Crippen LogP contribution in [0, 0.1) is 0 Å². The molecule has 26 heavy (non-hydrogen) atoms. The minimum absolute atomic E-state index is 0.0612. The summed E-state index contributed by atoms with van der Waals surface area (Å²) >= 11 is 1.36. The number of carboxylic acids is 1. The maximum Gasteiger partial charge on any atom is 0.327 e. The van der Waals surface area contributed by atoms with Crippen LogP contribution in [0.4, 0.5) is 0 Å². The number of β-lactam (4-membered cyclic amide) rings is 1. The molecule has 2 heterocycles. The van der Waals surface area contributed by atoms with Gasteiger partial charge in [-0.1, -0.05) is 12.1 Å². The molecular weight excluding hydrogens is 358 g/mol. The van der Waals surface area contributed by atoms with Crippen molar-refractivity contribution >= 4 is 36.3 Å². The average Bonchev–Trinajstić information content (AvgIpc) is 2.83. The van der Waals surface area contributed by atoms with Crippen LogP contribution in [0.25, 0.3) is 0 Å². The van der Waals surface area contributed by atoms with Crippen LogP contribution in [0.5, 0.6) is 5.75 Å². The summed E-state index contributed by atoms with van der Waals surface area (Å²) in [6.07, 6.45) is 0. The molecular formula is C17H19N3O5S. The second-order valence-corrected chi connectivity index (χ2v) is 8.53. The molecule has 2 fully saturated rings. The van der Waals surface area contributed by atoms with E-state index in [1.165, 1.54) is 28.8 Å². The lowest BCUT2D eigenvalue weighted by Crippen LogP contribution is -2.70. The Bertz CT molecular complexity index is 779. The summed E-state index contributed by atoms with van der Waals surface area (Å²) in [4.78, 5) is 41.6. The number of aliphatic imine (C=N–C) groups is 1. The van der Waals surface area contributed by atoms with Gasteiger partial charge in [0.1, 0.15) is 23.2 Å². The minimum atomic E-state index is -1.06. The molecule has 9 heteroatoms. The van der Waals surface area contributed by atoms with Gasteiger partial charge in [-0.25, -0.2) is 4.79 Å². The van der Waals surface area contributed by atoms with Gasteiger partial charge in [0.25, 0.3) is 0 Å². The van der Waals surface area contributed by atoms with Gasteiger partial charge in [-0.2, -0.15) is 0 Å². The number of aromatic hydroxyl groups is 1. The van der Waals surface area contributed by atoms with E-state index < -0.39 is 46.0 Å². The Labute approximate surface area is 154 Å². The zero-order chi connectivity index (χ0) is 19.2. The van der Waals surface area contributed by atoms with Gasteiger partial charge in [-0.3, -0.25) is 14.6 Å². The quantitative estimate of drug-likeness (QED) is 0.515. The Morgan fingerprint density at radius 2 is 1.96 bits per heavy atom. The van der Waals surface area contributed by atoms with Gasteiger partial charge in [0.05, 0.1) is 0 Å². The molecule has 4 atom stereocenters. The van der Waals surface area contributed by atoms with E-state index in [1.807, 2.05) is 0 Å². The minimum Gasteiger partial charge on any atom is -0.508 e. The van der Waals surface area contributed by atoms with Crippen LogP contribution in [0.15, 0.2) is 29.3 Å². The summed E-state index contributed by atoms with van der Waals surface area (Å²) in [5.41, 5.74) is 0.529. The van der Waals surface area contributed by atoms with Crippen LogP contribution >= 0.6 is 11.8 Å². The maximum atomic E-state index is 12.6. The van der Waals surface area contributed by atoms with Crippen LogP contribution in [-0.4, -0.2) is 61.8 Å². The van der Waals surface area contributed by atoms with Crippen molar-refractivity contribution in [3.63, 3.8) is 0 Å². The first-order valence-electron chi connectivity index (χ1n) is 7.95. The number of amides is 2. The molecule has 2 amide bonds. The van der Waals surface area contributed by atoms with Crippen molar-refractivity contribution in [2.75, 3.05) is 0 Å². The molecule has 2 aliphatic rings. The van der Waals surface area contributed by atoms with E-state index >= 15 is 0 Å². The molecule has 0 saturated carbocycles. The van der Waals surface area contributed by atoms with Crippen LogP contribution in [0.3, 0.4) is 0 Å². The fourth-order valence-electron chi connectivity index (χ4n) is 3.37. The van der Waals surface area contributed by atoms with E-state index in [-0.39, 0.29) is 5.75 Å². The summed E-state index contributed by atoms with van der Waals surface area (Å²) in [5, 5.41) is 21.0. The highest BCUT2D eigenvalue weighted by Gasteiger charge is 2.64. The summed E-state index contributed by atoms with van der Waals surface area (Å²) < 4.78 is -0.654. The molecule has 3 rings (SSSR count). The van der Waals surface area contributed by atoms with E-state index in [1.54, 1.807) is 26.0 Å². The molecule has 1 aromatic carbocycles. The Morgan fingerprint density at radius 3 is 2.50 bits per heavy atom. The van der Waals surface area contributed by atoms with Crippen molar-refractivity contribution in [3.05, 3.63) is 29.8 Å². The molecule has 3 N–H and O–H groups in total. The fraction of sp³-hybridized carbons (Fsp3) is 0.412. The summed E-state index contributed by atoms with van der Waals surface area (Å²) in [6.45, 7) is 6.96. The average molecular weight is 377 g/mol. The number of carboxylic acid groups (broad SMARTS) is 1. The summed E-state index contributed by atoms with van der Waals surface area (Å²) in [6, 6.07) is 3.33. The predicted molar refractivity (Wildman–Crippen MR) is 96.1 cm³/mol. The highest BCUT2D eigenvalue weighted by Crippen LogP contribution is 2.50. The lowest BCUT2D eigenvalue weighted by atomic mass is 9.95. The smallest absolute Gasteiger partial charge is 0.327 e. The predicted octanol–water partition coefficient (Wildman–Crippen LogP) is 0.766. The number of rotatable bonds is 5. The highest BCUT2D eigenvalue weighted by molar-refractivity contribution is 8.01. The monoisotopic (exact) mass is 377 g/mol. The lowest BCUT2D eigenvalue weighted by molar-refractivity contribution is -0.161. The highest BCUT2D eigenvalue weighted by atomic mass is 32.2. The second-order valence-electron chi connectivity index (χ2n) is 6.76. The normalized spacial score (nSPS) is 27.2. The van der Waals surface area contributed by atoms with Crippen molar-refractivity contribution in [2.24, 2.45) is 4.99 Å². The van der Waals surface area contributed by atoms with E-state index in [0.29, 0.717) is 5.56 Å². The molecule has 138 valence electrons. The molecule has 0 spiro atoms. The standard InChI is InChI=1S/C17H19N3O5S/c1-17(2)12(16(24)25)20-14(23)11(15(20)26-17)19-13(22)10(18-3)8-4-6-9(21)7-5-8/h4-7,10-12,15,21H,3H2,1-2H3,(H,19,22)(H,24,25)/t10?,11?,12-,15+/m0/s1. The van der Waals surface area contributed by atoms with Gasteiger partial charge in [0.15, 0.2) is 6.04 Å². The van der Waals surface area contributed by atoms with Crippen LogP contribution in [0.1, 0.15) is 25.5 Å². The summed E-state index contributed by atoms with van der Waals surface area (Å²) in [7, 11) is 0. The second kappa shape index (κ2) is 6.31. The number of thioether (sulfide) groups is 1. The Morgan fingerprint density at radius 1 is 1.35 bits per heavy atom. The number of carbonyl (C=O) groups is 3. The SMILES string of the molecule is C=NC(C(=O)NC1C(=O)N2[C@@H]1SC(C)(C)[C@@H]2C(=O)O)c1ccc(O)cc1. The third-order valence-electron chi connectivity index (χ3n) is 4.61. The number of benzene rings is 1. The van der Waals surface area contributed by atoms with E-state index in [0.717, 1.165) is 0 Å². The van der Waals surface area contributed by atoms with E-state index in [9.17, 15) is 24.6 Å². The maximum absolute atomic E-state index is 12.6. The van der Waals surface area contributed by atoms with Gasteiger partial charge < -0.3 is 20.4 Å². The van der Waals surface area contributed by atoms with Crippen molar-refractivity contribution in [2.45, 2.75) is 42.1 Å². The topological polar surface area (TPSA) is 119 Å². The zero-order valence-corrected chi connectivity index (χ0v) is 15.1. The number of fused-ring (bicyclic) bond motifs is 1. The number of phenols is 1. The van der Waals surface area contributed by atoms with Gasteiger partial charge in [0.2, 0.25) is 11.8 Å². The Hall–Kier alpha value is -2.55. The third-order valence-corrected chi connectivity index (χ3v) is 6.18. The van der Waals surface area contributed by atoms with Crippen molar-refractivity contribution < 1.29 is 24.6 Å². The van der Waals surface area contributed by atoms with E-state index in [4.69, 9.17) is 0 Å². The molecule has 2 saturated heterocycles. The Balaban J connectivity index is 1.75. The van der Waals surface area contributed by atoms with Crippen molar-refractivity contribution in [3.8, 4) is 5.75 Å². The molecule has 2 aliphatic heterocycles. The number of nitrogens with one attached hydrogen (secondary N) is 1. The molecule has 0 aliphatic carbocycles. The number of hydrogen-bond acceptors (Lipinski definition) is 6. The molecule has 0 bridgehead atoms. The number of phenolic OH excluding ortho intramolecular Hbond substituents is 1. The molecule has 8 nitrogen and oxygen atoms in total. The zero-order valence-electron chi connectivity index (χ0n) is 14.2. The van der Waals surface area contributed by atoms with Gasteiger partial charge in [0, 0.05) is 4.75 Å². The number of hydrogen-bond donors (Lipinski definition) is 3. The first-order chi connectivity index (χ1) is 12.2. The van der Waals surface area contributed by atoms with Crippen molar-refractivity contribution in [1.82, 2.24) is 10.2 Å². The van der Waals surface area contributed by atoms with Crippen LogP contribution < -0.4 is 5.32 Å². The number of nitrogens with zero attached hydrogens (tertiary/aromatic N) is 2. The molecule has 0 aromatic heterocycles. The number of carbonyl (C=O) groups excluding carboxylic acids is 2. The Kier molecular flexibility index (Phi) is 4.43. The van der Waals surface area contributed by atoms with Gasteiger partial charge >= 0.3 is 5.97 Å². The largest absolute Gasteiger partial charge is 0.508 e. The fourth-order valence-corrected chi connectivity index (χ4v) is 5.00. The van der Waals surface area contributed by atoms with Crippen LogP contribution in [-0.2, 0) is 14.4 Å². The van der Waals surface area contributed by atoms with Gasteiger partial charge in [-0.15, -0.1) is 11.8 Å². The first-order valence-corrected chi connectivity index (χ1v) is 8.83. The van der Waals surface area contributed by atoms with Crippen molar-refractivity contribution in [1.29, 1.82) is 0 Å². The lowest BCUT2D eigenvalue weighted by Gasteiger charge is -2.43. The molecule has 0 radical (unpaired) electrons. The van der Waals surface area contributed by atoms with E-state index in [2.05, 4.69) is 17.0 Å². The summed E-state index contributed by atoms with van der Waals surface area (Å²) in [5.74, 6) is -1.91. The first kappa shape index (κ1) is 18.2. The number of aliphatic carboxylic acids is 1. The third kappa shape index (κ3) is 2.82.